The number of imidazole rings is 1. The van der Waals surface area contributed by atoms with Crippen LogP contribution in [0.4, 0.5) is 0 Å². The molecule has 2 aromatic rings. The minimum atomic E-state index is 0.331. The Hall–Kier alpha value is -2.68. The van der Waals surface area contributed by atoms with Crippen molar-refractivity contribution < 1.29 is 9.53 Å². The van der Waals surface area contributed by atoms with Gasteiger partial charge in [0.25, 0.3) is 0 Å². The van der Waals surface area contributed by atoms with Crippen molar-refractivity contribution in [1.82, 2.24) is 14.5 Å². The van der Waals surface area contributed by atoms with Gasteiger partial charge in [0, 0.05) is 12.3 Å². The highest BCUT2D eigenvalue weighted by Crippen LogP contribution is 2.20. The number of methoxy groups -OCH3 is 1. The molecule has 0 aliphatic carbocycles. The maximum Gasteiger partial charge on any atom is 0.170 e. The summed E-state index contributed by atoms with van der Waals surface area (Å²) in [6, 6.07) is 3.61. The number of ether oxygens (including phenoxy) is 1. The van der Waals surface area contributed by atoms with Crippen LogP contribution in [0.25, 0.3) is 5.82 Å². The lowest BCUT2D eigenvalue weighted by atomic mass is 10.3. The summed E-state index contributed by atoms with van der Waals surface area (Å²) in [6.07, 6.45) is 3.68. The standard InChI is InChI=1S/C12H10N4O2/c1-8-15-10(7-17)6-16(8)12-3-11(18-2)9(4-13)5-14-12/h3,5-7H,1-2H3. The average Bonchev–Trinajstić information content (AvgIpc) is 2.79. The number of carbonyl (C=O) groups excluding carboxylic acids is 1. The van der Waals surface area contributed by atoms with Gasteiger partial charge >= 0.3 is 0 Å². The Morgan fingerprint density at radius 3 is 2.89 bits per heavy atom. The van der Waals surface area contributed by atoms with Crippen molar-refractivity contribution in [1.29, 1.82) is 5.26 Å². The fraction of sp³-hybridized carbons (Fsp3) is 0.167. The largest absolute Gasteiger partial charge is 0.495 e. The van der Waals surface area contributed by atoms with E-state index in [0.717, 1.165) is 0 Å². The molecule has 2 rings (SSSR count). The van der Waals surface area contributed by atoms with Gasteiger partial charge in [-0.05, 0) is 6.92 Å². The molecule has 0 unspecified atom stereocenters. The van der Waals surface area contributed by atoms with Gasteiger partial charge in [-0.1, -0.05) is 0 Å². The molecule has 0 saturated heterocycles. The maximum atomic E-state index is 10.7. The summed E-state index contributed by atoms with van der Waals surface area (Å²) < 4.78 is 6.77. The second kappa shape index (κ2) is 4.67. The third-order valence-corrected chi connectivity index (χ3v) is 2.46. The van der Waals surface area contributed by atoms with Gasteiger partial charge in [0.15, 0.2) is 6.29 Å². The van der Waals surface area contributed by atoms with Crippen molar-refractivity contribution in [3.63, 3.8) is 0 Å². The first-order valence-electron chi connectivity index (χ1n) is 5.15. The average molecular weight is 242 g/mol. The molecule has 0 N–H and O–H groups in total. The predicted molar refractivity (Wildman–Crippen MR) is 62.8 cm³/mol. The molecule has 0 atom stereocenters. The van der Waals surface area contributed by atoms with E-state index >= 15 is 0 Å². The summed E-state index contributed by atoms with van der Waals surface area (Å²) in [4.78, 5) is 18.9. The van der Waals surface area contributed by atoms with Gasteiger partial charge in [0.2, 0.25) is 0 Å². The van der Waals surface area contributed by atoms with Crippen LogP contribution in [0, 0.1) is 18.3 Å². The normalized spacial score (nSPS) is 9.83. The minimum absolute atomic E-state index is 0.331. The Morgan fingerprint density at radius 2 is 2.33 bits per heavy atom. The lowest BCUT2D eigenvalue weighted by Crippen LogP contribution is -2.00. The van der Waals surface area contributed by atoms with Crippen LogP contribution in [-0.2, 0) is 0 Å². The molecule has 0 amide bonds. The molecule has 0 bridgehead atoms. The van der Waals surface area contributed by atoms with E-state index in [4.69, 9.17) is 10.00 Å². The first-order chi connectivity index (χ1) is 8.69. The van der Waals surface area contributed by atoms with E-state index in [2.05, 4.69) is 9.97 Å². The highest BCUT2D eigenvalue weighted by molar-refractivity contribution is 5.71. The fourth-order valence-electron chi connectivity index (χ4n) is 1.60. The van der Waals surface area contributed by atoms with E-state index in [-0.39, 0.29) is 0 Å². The summed E-state index contributed by atoms with van der Waals surface area (Å²) in [5.41, 5.74) is 0.687. The van der Waals surface area contributed by atoms with E-state index in [0.29, 0.717) is 34.9 Å². The van der Waals surface area contributed by atoms with Crippen LogP contribution in [0.5, 0.6) is 5.75 Å². The van der Waals surface area contributed by atoms with Crippen molar-refractivity contribution in [3.05, 3.63) is 35.5 Å². The molecular weight excluding hydrogens is 232 g/mol. The number of carbonyl (C=O) groups is 1. The van der Waals surface area contributed by atoms with Gasteiger partial charge in [-0.15, -0.1) is 0 Å². The zero-order valence-electron chi connectivity index (χ0n) is 9.91. The van der Waals surface area contributed by atoms with Crippen molar-refractivity contribution in [2.75, 3.05) is 7.11 Å². The first-order valence-corrected chi connectivity index (χ1v) is 5.15. The van der Waals surface area contributed by atoms with Crippen LogP contribution in [0.2, 0.25) is 0 Å². The molecule has 0 fully saturated rings. The highest BCUT2D eigenvalue weighted by Gasteiger charge is 2.10. The Bertz CT molecular complexity index is 640. The van der Waals surface area contributed by atoms with E-state index in [9.17, 15) is 4.79 Å². The van der Waals surface area contributed by atoms with E-state index in [1.165, 1.54) is 13.3 Å². The Morgan fingerprint density at radius 1 is 1.56 bits per heavy atom. The van der Waals surface area contributed by atoms with Gasteiger partial charge in [-0.25, -0.2) is 9.97 Å². The molecule has 0 aromatic carbocycles. The molecule has 18 heavy (non-hydrogen) atoms. The number of aldehydes is 1. The van der Waals surface area contributed by atoms with Crippen LogP contribution >= 0.6 is 0 Å². The quantitative estimate of drug-likeness (QED) is 0.757. The maximum absolute atomic E-state index is 10.7. The topological polar surface area (TPSA) is 80.8 Å². The second-order valence-corrected chi connectivity index (χ2v) is 3.56. The van der Waals surface area contributed by atoms with Crippen molar-refractivity contribution >= 4 is 6.29 Å². The Balaban J connectivity index is 2.54. The summed E-state index contributed by atoms with van der Waals surface area (Å²) in [5, 5.41) is 8.87. The van der Waals surface area contributed by atoms with Gasteiger partial charge in [0.05, 0.1) is 13.3 Å². The molecule has 2 aromatic heterocycles. The van der Waals surface area contributed by atoms with Crippen LogP contribution in [0.1, 0.15) is 21.9 Å². The number of pyridine rings is 1. The van der Waals surface area contributed by atoms with Crippen LogP contribution in [0.3, 0.4) is 0 Å². The van der Waals surface area contributed by atoms with E-state index in [1.54, 1.807) is 23.8 Å². The van der Waals surface area contributed by atoms with Gasteiger partial charge in [-0.3, -0.25) is 9.36 Å². The zero-order valence-corrected chi connectivity index (χ0v) is 9.91. The summed E-state index contributed by atoms with van der Waals surface area (Å²) in [6.45, 7) is 1.76. The first kappa shape index (κ1) is 11.8. The number of nitriles is 1. The van der Waals surface area contributed by atoms with Crippen molar-refractivity contribution in [2.24, 2.45) is 0 Å². The number of aryl methyl sites for hydroxylation is 1. The highest BCUT2D eigenvalue weighted by atomic mass is 16.5. The molecule has 0 radical (unpaired) electrons. The fourth-order valence-corrected chi connectivity index (χ4v) is 1.60. The van der Waals surface area contributed by atoms with E-state index < -0.39 is 0 Å². The Labute approximate surface area is 103 Å². The van der Waals surface area contributed by atoms with Crippen LogP contribution < -0.4 is 4.74 Å². The predicted octanol–water partition coefficient (Wildman–Crippen LogP) is 1.27. The molecule has 0 aliphatic rings. The lowest BCUT2D eigenvalue weighted by Gasteiger charge is -2.07. The number of nitrogens with zero attached hydrogens (tertiary/aromatic N) is 4. The monoisotopic (exact) mass is 242 g/mol. The summed E-state index contributed by atoms with van der Waals surface area (Å²) in [7, 11) is 1.48. The number of rotatable bonds is 3. The summed E-state index contributed by atoms with van der Waals surface area (Å²) in [5.74, 6) is 1.61. The molecule has 90 valence electrons. The molecule has 6 heteroatoms. The number of hydrogen-bond donors (Lipinski definition) is 0. The smallest absolute Gasteiger partial charge is 0.170 e. The zero-order chi connectivity index (χ0) is 13.1. The molecule has 2 heterocycles. The molecule has 0 saturated carbocycles. The molecule has 0 aliphatic heterocycles. The lowest BCUT2D eigenvalue weighted by molar-refractivity contribution is 0.111. The number of aromatic nitrogens is 3. The van der Waals surface area contributed by atoms with Crippen LogP contribution in [-0.4, -0.2) is 27.9 Å². The third kappa shape index (κ3) is 1.94. The molecular formula is C12H10N4O2. The van der Waals surface area contributed by atoms with E-state index in [1.807, 2.05) is 6.07 Å². The Kier molecular flexibility index (Phi) is 3.06. The van der Waals surface area contributed by atoms with Crippen molar-refractivity contribution in [3.8, 4) is 17.6 Å². The minimum Gasteiger partial charge on any atom is -0.495 e. The van der Waals surface area contributed by atoms with Gasteiger partial charge in [0.1, 0.15) is 34.7 Å². The SMILES string of the molecule is COc1cc(-n2cc(C=O)nc2C)ncc1C#N. The molecule has 0 spiro atoms. The van der Waals surface area contributed by atoms with Crippen molar-refractivity contribution in [2.45, 2.75) is 6.92 Å². The van der Waals surface area contributed by atoms with Gasteiger partial charge < -0.3 is 4.74 Å². The second-order valence-electron chi connectivity index (χ2n) is 3.56. The third-order valence-electron chi connectivity index (χ3n) is 2.46. The van der Waals surface area contributed by atoms with Crippen LogP contribution in [0.15, 0.2) is 18.5 Å². The molecule has 6 nitrogen and oxygen atoms in total. The summed E-state index contributed by atoms with van der Waals surface area (Å²) >= 11 is 0. The number of hydrogen-bond acceptors (Lipinski definition) is 5. The van der Waals surface area contributed by atoms with Gasteiger partial charge in [-0.2, -0.15) is 5.26 Å².